The fourth-order valence-electron chi connectivity index (χ4n) is 2.66. The third-order valence-corrected chi connectivity index (χ3v) is 3.31. The van der Waals surface area contributed by atoms with Crippen molar-refractivity contribution >= 4 is 0 Å². The van der Waals surface area contributed by atoms with E-state index in [-0.39, 0.29) is 12.2 Å². The second-order valence-electron chi connectivity index (χ2n) is 3.99. The van der Waals surface area contributed by atoms with Crippen molar-refractivity contribution in [3.05, 3.63) is 23.3 Å². The van der Waals surface area contributed by atoms with Crippen molar-refractivity contribution in [1.82, 2.24) is 0 Å². The summed E-state index contributed by atoms with van der Waals surface area (Å²) in [7, 11) is 3.35. The molecule has 0 aromatic heterocycles. The minimum Gasteiger partial charge on any atom is -0.493 e. The van der Waals surface area contributed by atoms with Gasteiger partial charge in [-0.05, 0) is 24.5 Å². The highest BCUT2D eigenvalue weighted by molar-refractivity contribution is 5.55. The summed E-state index contributed by atoms with van der Waals surface area (Å²) in [5, 5.41) is 0. The second kappa shape index (κ2) is 3.14. The zero-order chi connectivity index (χ0) is 10.4. The van der Waals surface area contributed by atoms with Gasteiger partial charge in [-0.2, -0.15) is 0 Å². The van der Waals surface area contributed by atoms with Crippen LogP contribution in [0, 0.1) is 0 Å². The molecule has 2 bridgehead atoms. The van der Waals surface area contributed by atoms with Gasteiger partial charge in [-0.15, -0.1) is 0 Å². The van der Waals surface area contributed by atoms with Crippen LogP contribution in [0.4, 0.5) is 0 Å². The Balaban J connectivity index is 2.19. The van der Waals surface area contributed by atoms with E-state index in [0.717, 1.165) is 24.3 Å². The number of rotatable bonds is 2. The third kappa shape index (κ3) is 1.10. The lowest BCUT2D eigenvalue weighted by atomic mass is 9.91. The molecule has 80 valence electrons. The van der Waals surface area contributed by atoms with Gasteiger partial charge in [-0.25, -0.2) is 0 Å². The zero-order valence-corrected chi connectivity index (χ0v) is 8.95. The molecule has 3 heteroatoms. The van der Waals surface area contributed by atoms with Crippen LogP contribution in [-0.4, -0.2) is 14.2 Å². The number of benzene rings is 1. The first-order chi connectivity index (χ1) is 7.35. The SMILES string of the molecule is COc1ccc2c(c1OC)[C@@H]1CC[C@H]2O1. The van der Waals surface area contributed by atoms with Crippen LogP contribution in [0.25, 0.3) is 0 Å². The minimum atomic E-state index is 0.218. The molecular formula is C12H14O3. The van der Waals surface area contributed by atoms with Gasteiger partial charge < -0.3 is 14.2 Å². The molecule has 0 radical (unpaired) electrons. The van der Waals surface area contributed by atoms with Crippen LogP contribution in [-0.2, 0) is 4.74 Å². The zero-order valence-electron chi connectivity index (χ0n) is 8.95. The van der Waals surface area contributed by atoms with Crippen molar-refractivity contribution in [2.75, 3.05) is 14.2 Å². The van der Waals surface area contributed by atoms with Gasteiger partial charge in [0, 0.05) is 5.56 Å². The predicted molar refractivity (Wildman–Crippen MR) is 55.3 cm³/mol. The lowest BCUT2D eigenvalue weighted by Gasteiger charge is -2.17. The van der Waals surface area contributed by atoms with E-state index in [1.54, 1.807) is 14.2 Å². The molecule has 0 unspecified atom stereocenters. The van der Waals surface area contributed by atoms with Gasteiger partial charge in [0.05, 0.1) is 26.4 Å². The average Bonchev–Trinajstić information content (AvgIpc) is 2.88. The van der Waals surface area contributed by atoms with Gasteiger partial charge in [-0.1, -0.05) is 6.07 Å². The Labute approximate surface area is 89.0 Å². The maximum atomic E-state index is 5.85. The summed E-state index contributed by atoms with van der Waals surface area (Å²) in [4.78, 5) is 0. The van der Waals surface area contributed by atoms with Crippen molar-refractivity contribution in [3.8, 4) is 11.5 Å². The second-order valence-corrected chi connectivity index (χ2v) is 3.99. The number of methoxy groups -OCH3 is 2. The van der Waals surface area contributed by atoms with Gasteiger partial charge >= 0.3 is 0 Å². The topological polar surface area (TPSA) is 27.7 Å². The number of hydrogen-bond donors (Lipinski definition) is 0. The Morgan fingerprint density at radius 3 is 2.67 bits per heavy atom. The van der Waals surface area contributed by atoms with Crippen molar-refractivity contribution in [3.63, 3.8) is 0 Å². The van der Waals surface area contributed by atoms with E-state index in [4.69, 9.17) is 14.2 Å². The van der Waals surface area contributed by atoms with Crippen LogP contribution in [0.15, 0.2) is 12.1 Å². The molecule has 2 atom stereocenters. The van der Waals surface area contributed by atoms with Crippen LogP contribution < -0.4 is 9.47 Å². The van der Waals surface area contributed by atoms with Gasteiger partial charge in [-0.3, -0.25) is 0 Å². The molecule has 2 heterocycles. The lowest BCUT2D eigenvalue weighted by Crippen LogP contribution is -2.02. The van der Waals surface area contributed by atoms with Gasteiger partial charge in [0.2, 0.25) is 0 Å². The van der Waals surface area contributed by atoms with E-state index in [1.807, 2.05) is 6.07 Å². The molecule has 1 fully saturated rings. The van der Waals surface area contributed by atoms with E-state index in [0.29, 0.717) is 0 Å². The molecule has 0 N–H and O–H groups in total. The van der Waals surface area contributed by atoms with Crippen LogP contribution in [0.3, 0.4) is 0 Å². The molecule has 3 rings (SSSR count). The smallest absolute Gasteiger partial charge is 0.166 e. The number of ether oxygens (including phenoxy) is 3. The molecule has 2 aliphatic rings. The lowest BCUT2D eigenvalue weighted by molar-refractivity contribution is 0.0708. The summed E-state index contributed by atoms with van der Waals surface area (Å²) in [5.41, 5.74) is 2.48. The van der Waals surface area contributed by atoms with E-state index in [1.165, 1.54) is 11.1 Å². The van der Waals surface area contributed by atoms with Gasteiger partial charge in [0.15, 0.2) is 11.5 Å². The van der Waals surface area contributed by atoms with Crippen LogP contribution in [0.1, 0.15) is 36.2 Å². The summed E-state index contributed by atoms with van der Waals surface area (Å²) >= 11 is 0. The first-order valence-corrected chi connectivity index (χ1v) is 5.25. The van der Waals surface area contributed by atoms with Crippen molar-refractivity contribution in [1.29, 1.82) is 0 Å². The molecule has 2 aliphatic heterocycles. The van der Waals surface area contributed by atoms with E-state index in [2.05, 4.69) is 6.07 Å². The Bertz CT molecular complexity index is 400. The van der Waals surface area contributed by atoms with E-state index in [9.17, 15) is 0 Å². The molecule has 15 heavy (non-hydrogen) atoms. The maximum Gasteiger partial charge on any atom is 0.166 e. The quantitative estimate of drug-likeness (QED) is 0.744. The highest BCUT2D eigenvalue weighted by Crippen LogP contribution is 2.55. The maximum absolute atomic E-state index is 5.85. The summed E-state index contributed by atoms with van der Waals surface area (Å²) in [6.45, 7) is 0. The Morgan fingerprint density at radius 1 is 1.13 bits per heavy atom. The Kier molecular flexibility index (Phi) is 1.89. The standard InChI is InChI=1S/C12H14O3/c1-13-10-4-3-7-8-5-6-9(15-8)11(7)12(10)14-2/h3-4,8-9H,5-6H2,1-2H3/t8-,9+/m1/s1. The first-order valence-electron chi connectivity index (χ1n) is 5.25. The van der Waals surface area contributed by atoms with Crippen molar-refractivity contribution in [2.45, 2.75) is 25.0 Å². The molecule has 0 amide bonds. The molecule has 0 spiro atoms. The van der Waals surface area contributed by atoms with Crippen LogP contribution in [0.5, 0.6) is 11.5 Å². The molecular weight excluding hydrogens is 192 g/mol. The number of hydrogen-bond acceptors (Lipinski definition) is 3. The predicted octanol–water partition coefficient (Wildman–Crippen LogP) is 2.61. The summed E-state index contributed by atoms with van der Waals surface area (Å²) in [5.74, 6) is 1.65. The van der Waals surface area contributed by atoms with Crippen LogP contribution >= 0.6 is 0 Å². The molecule has 1 saturated heterocycles. The summed E-state index contributed by atoms with van der Waals surface area (Å²) in [6, 6.07) is 4.06. The molecule has 0 saturated carbocycles. The Morgan fingerprint density at radius 2 is 1.93 bits per heavy atom. The largest absolute Gasteiger partial charge is 0.493 e. The monoisotopic (exact) mass is 206 g/mol. The molecule has 1 aromatic carbocycles. The average molecular weight is 206 g/mol. The van der Waals surface area contributed by atoms with Crippen LogP contribution in [0.2, 0.25) is 0 Å². The van der Waals surface area contributed by atoms with Crippen molar-refractivity contribution < 1.29 is 14.2 Å². The van der Waals surface area contributed by atoms with Gasteiger partial charge in [0.25, 0.3) is 0 Å². The fourth-order valence-corrected chi connectivity index (χ4v) is 2.66. The molecule has 1 aromatic rings. The molecule has 0 aliphatic carbocycles. The highest BCUT2D eigenvalue weighted by Gasteiger charge is 2.41. The highest BCUT2D eigenvalue weighted by atomic mass is 16.5. The summed E-state index contributed by atoms with van der Waals surface area (Å²) in [6.07, 6.45) is 2.73. The van der Waals surface area contributed by atoms with E-state index >= 15 is 0 Å². The fraction of sp³-hybridized carbons (Fsp3) is 0.500. The third-order valence-electron chi connectivity index (χ3n) is 3.31. The minimum absolute atomic E-state index is 0.218. The molecule has 3 nitrogen and oxygen atoms in total. The van der Waals surface area contributed by atoms with E-state index < -0.39 is 0 Å². The van der Waals surface area contributed by atoms with Gasteiger partial charge in [0.1, 0.15) is 0 Å². The normalized spacial score (nSPS) is 26.5. The summed E-state index contributed by atoms with van der Waals surface area (Å²) < 4.78 is 16.6. The first kappa shape index (κ1) is 9.04. The van der Waals surface area contributed by atoms with Crippen molar-refractivity contribution in [2.24, 2.45) is 0 Å². The Hall–Kier alpha value is -1.22. The number of fused-ring (bicyclic) bond motifs is 5.